The van der Waals surface area contributed by atoms with Gasteiger partial charge in [-0.1, -0.05) is 0 Å². The van der Waals surface area contributed by atoms with Gasteiger partial charge in [0.15, 0.2) is 11.6 Å². The Balaban J connectivity index is 1.84. The molecular formula is C14H11F2N3. The summed E-state index contributed by atoms with van der Waals surface area (Å²) in [7, 11) is 0. The lowest BCUT2D eigenvalue weighted by molar-refractivity contribution is 0.515. The molecule has 0 amide bonds. The zero-order valence-corrected chi connectivity index (χ0v) is 10.0. The van der Waals surface area contributed by atoms with E-state index in [1.807, 2.05) is 12.1 Å². The average Bonchev–Trinajstić information content (AvgIpc) is 2.86. The fourth-order valence-electron chi connectivity index (χ4n) is 2.00. The number of aromatic amines is 1. The van der Waals surface area contributed by atoms with Gasteiger partial charge < -0.3 is 4.98 Å². The van der Waals surface area contributed by atoms with Crippen LogP contribution >= 0.6 is 0 Å². The van der Waals surface area contributed by atoms with Crippen molar-refractivity contribution in [3.05, 3.63) is 59.7 Å². The number of hydrogen-bond donors (Lipinski definition) is 1. The lowest BCUT2D eigenvalue weighted by Gasteiger charge is -1.97. The highest BCUT2D eigenvalue weighted by Gasteiger charge is 2.11. The van der Waals surface area contributed by atoms with Crippen LogP contribution in [0.5, 0.6) is 0 Å². The molecule has 0 saturated heterocycles. The zero-order valence-electron chi connectivity index (χ0n) is 10.0. The van der Waals surface area contributed by atoms with E-state index in [2.05, 4.69) is 15.0 Å². The van der Waals surface area contributed by atoms with Gasteiger partial charge >= 0.3 is 0 Å². The minimum Gasteiger partial charge on any atom is -0.342 e. The van der Waals surface area contributed by atoms with Gasteiger partial charge in [0.2, 0.25) is 0 Å². The minimum atomic E-state index is -0.899. The van der Waals surface area contributed by atoms with E-state index in [9.17, 15) is 8.78 Å². The zero-order chi connectivity index (χ0) is 13.2. The number of aromatic nitrogens is 3. The average molecular weight is 259 g/mol. The molecule has 0 spiro atoms. The molecule has 2 heterocycles. The molecule has 1 N–H and O–H groups in total. The first-order valence-corrected chi connectivity index (χ1v) is 5.95. The van der Waals surface area contributed by atoms with Crippen molar-refractivity contribution in [2.24, 2.45) is 0 Å². The number of nitrogens with one attached hydrogen (secondary N) is 1. The molecule has 0 aliphatic carbocycles. The Morgan fingerprint density at radius 2 is 1.79 bits per heavy atom. The van der Waals surface area contributed by atoms with E-state index in [1.54, 1.807) is 12.4 Å². The van der Waals surface area contributed by atoms with E-state index in [4.69, 9.17) is 0 Å². The number of aryl methyl sites for hydroxylation is 2. The Hall–Kier alpha value is -2.30. The maximum absolute atomic E-state index is 13.5. The van der Waals surface area contributed by atoms with Crippen LogP contribution in [-0.2, 0) is 12.8 Å². The third kappa shape index (κ3) is 2.31. The van der Waals surface area contributed by atoms with Gasteiger partial charge in [-0.15, -0.1) is 0 Å². The molecule has 5 heteroatoms. The van der Waals surface area contributed by atoms with Crippen LogP contribution < -0.4 is 0 Å². The third-order valence-corrected chi connectivity index (χ3v) is 2.99. The van der Waals surface area contributed by atoms with Gasteiger partial charge in [-0.05, 0) is 36.2 Å². The van der Waals surface area contributed by atoms with Crippen molar-refractivity contribution in [2.75, 3.05) is 0 Å². The van der Waals surface area contributed by atoms with Gasteiger partial charge in [0.05, 0.1) is 5.52 Å². The van der Waals surface area contributed by atoms with E-state index in [0.29, 0.717) is 17.8 Å². The molecule has 1 aromatic carbocycles. The number of fused-ring (bicyclic) bond motifs is 1. The van der Waals surface area contributed by atoms with Gasteiger partial charge in [-0.25, -0.2) is 13.8 Å². The summed E-state index contributed by atoms with van der Waals surface area (Å²) < 4.78 is 26.6. The second kappa shape index (κ2) is 4.76. The molecule has 0 aliphatic heterocycles. The van der Waals surface area contributed by atoms with Crippen molar-refractivity contribution in [3.8, 4) is 0 Å². The van der Waals surface area contributed by atoms with Crippen molar-refractivity contribution in [1.82, 2.24) is 15.0 Å². The lowest BCUT2D eigenvalue weighted by Crippen LogP contribution is -1.93. The van der Waals surface area contributed by atoms with Crippen molar-refractivity contribution in [2.45, 2.75) is 12.8 Å². The summed E-state index contributed by atoms with van der Waals surface area (Å²) in [4.78, 5) is 11.0. The molecule has 0 atom stereocenters. The summed E-state index contributed by atoms with van der Waals surface area (Å²) >= 11 is 0. The highest BCUT2D eigenvalue weighted by molar-refractivity contribution is 5.75. The number of imidazole rings is 1. The molecule has 3 nitrogen and oxygen atoms in total. The minimum absolute atomic E-state index is 0.0599. The number of rotatable bonds is 3. The molecule has 0 unspecified atom stereocenters. The Morgan fingerprint density at radius 3 is 2.58 bits per heavy atom. The van der Waals surface area contributed by atoms with Crippen molar-refractivity contribution < 1.29 is 8.78 Å². The molecule has 0 saturated carbocycles. The summed E-state index contributed by atoms with van der Waals surface area (Å²) in [5.41, 5.74) is 1.70. The SMILES string of the molecule is Fc1ccc2[nH]c(CCc3ccncc3)nc2c1F. The first-order valence-electron chi connectivity index (χ1n) is 5.95. The largest absolute Gasteiger partial charge is 0.342 e. The number of pyridine rings is 1. The topological polar surface area (TPSA) is 41.6 Å². The van der Waals surface area contributed by atoms with Gasteiger partial charge in [0.1, 0.15) is 11.3 Å². The molecule has 0 bridgehead atoms. The van der Waals surface area contributed by atoms with Crippen LogP contribution in [0.25, 0.3) is 11.0 Å². The monoisotopic (exact) mass is 259 g/mol. The summed E-state index contributed by atoms with van der Waals surface area (Å²) in [5.74, 6) is -1.13. The number of benzene rings is 1. The molecule has 0 radical (unpaired) electrons. The van der Waals surface area contributed by atoms with Crippen LogP contribution in [0.4, 0.5) is 8.78 Å². The Bertz CT molecular complexity index is 707. The fraction of sp³-hybridized carbons (Fsp3) is 0.143. The Kier molecular flexibility index (Phi) is 2.95. The van der Waals surface area contributed by atoms with E-state index >= 15 is 0 Å². The summed E-state index contributed by atoms with van der Waals surface area (Å²) in [6, 6.07) is 6.44. The Morgan fingerprint density at radius 1 is 1.00 bits per heavy atom. The smallest absolute Gasteiger partial charge is 0.186 e. The predicted octanol–water partition coefficient (Wildman–Crippen LogP) is 3.02. The molecule has 2 aromatic heterocycles. The first-order chi connectivity index (χ1) is 9.24. The van der Waals surface area contributed by atoms with Crippen LogP contribution in [0.15, 0.2) is 36.7 Å². The van der Waals surface area contributed by atoms with Crippen molar-refractivity contribution in [1.29, 1.82) is 0 Å². The highest BCUT2D eigenvalue weighted by atomic mass is 19.2. The van der Waals surface area contributed by atoms with Crippen LogP contribution in [0.2, 0.25) is 0 Å². The third-order valence-electron chi connectivity index (χ3n) is 2.99. The van der Waals surface area contributed by atoms with Crippen molar-refractivity contribution in [3.63, 3.8) is 0 Å². The molecule has 0 aliphatic rings. The molecule has 0 fully saturated rings. The van der Waals surface area contributed by atoms with Crippen LogP contribution in [0, 0.1) is 11.6 Å². The number of nitrogens with zero attached hydrogens (tertiary/aromatic N) is 2. The lowest BCUT2D eigenvalue weighted by atomic mass is 10.1. The summed E-state index contributed by atoms with van der Waals surface area (Å²) in [5, 5.41) is 0. The van der Waals surface area contributed by atoms with Gasteiger partial charge in [-0.3, -0.25) is 4.98 Å². The molecule has 3 aromatic rings. The molecule has 96 valence electrons. The second-order valence-electron chi connectivity index (χ2n) is 4.30. The van der Waals surface area contributed by atoms with Gasteiger partial charge in [0.25, 0.3) is 0 Å². The van der Waals surface area contributed by atoms with Crippen LogP contribution in [0.3, 0.4) is 0 Å². The van der Waals surface area contributed by atoms with Crippen molar-refractivity contribution >= 4 is 11.0 Å². The number of halogens is 2. The van der Waals surface area contributed by atoms with E-state index in [-0.39, 0.29) is 5.52 Å². The van der Waals surface area contributed by atoms with E-state index in [1.165, 1.54) is 6.07 Å². The fourth-order valence-corrected chi connectivity index (χ4v) is 2.00. The predicted molar refractivity (Wildman–Crippen MR) is 67.7 cm³/mol. The number of H-pyrrole nitrogens is 1. The van der Waals surface area contributed by atoms with Gasteiger partial charge in [0, 0.05) is 18.8 Å². The highest BCUT2D eigenvalue weighted by Crippen LogP contribution is 2.18. The maximum Gasteiger partial charge on any atom is 0.186 e. The Labute approximate surface area is 108 Å². The molecule has 3 rings (SSSR count). The molecular weight excluding hydrogens is 248 g/mol. The normalized spacial score (nSPS) is 11.1. The first kappa shape index (κ1) is 11.8. The van der Waals surface area contributed by atoms with Crippen LogP contribution in [-0.4, -0.2) is 15.0 Å². The van der Waals surface area contributed by atoms with E-state index in [0.717, 1.165) is 18.1 Å². The molecule has 19 heavy (non-hydrogen) atoms. The van der Waals surface area contributed by atoms with Crippen LogP contribution in [0.1, 0.15) is 11.4 Å². The quantitative estimate of drug-likeness (QED) is 0.785. The second-order valence-corrected chi connectivity index (χ2v) is 4.30. The standard InChI is InChI=1S/C14H11F2N3/c15-10-2-3-11-14(13(10)16)19-12(18-11)4-1-9-5-7-17-8-6-9/h2-3,5-8H,1,4H2,(H,18,19). The van der Waals surface area contributed by atoms with E-state index < -0.39 is 11.6 Å². The maximum atomic E-state index is 13.5. The number of hydrogen-bond acceptors (Lipinski definition) is 2. The summed E-state index contributed by atoms with van der Waals surface area (Å²) in [6.45, 7) is 0. The van der Waals surface area contributed by atoms with Gasteiger partial charge in [-0.2, -0.15) is 0 Å². The summed E-state index contributed by atoms with van der Waals surface area (Å²) in [6.07, 6.45) is 4.86.